The van der Waals surface area contributed by atoms with Crippen LogP contribution in [0.4, 0.5) is 5.69 Å². The number of anilines is 1. The summed E-state index contributed by atoms with van der Waals surface area (Å²) < 4.78 is 0. The minimum Gasteiger partial charge on any atom is -0.330 e. The standard InChI is InChI=1S/C12H17N3O/c1-12(2)10-9(15(3)11(12)16)6-8(4-5-13)7-14-10/h6-7H,4-5,13H2,1-3H3. The van der Waals surface area contributed by atoms with Crippen LogP contribution in [0.5, 0.6) is 0 Å². The van der Waals surface area contributed by atoms with Gasteiger partial charge < -0.3 is 10.6 Å². The van der Waals surface area contributed by atoms with Crippen LogP contribution in [0.25, 0.3) is 0 Å². The molecule has 1 amide bonds. The molecular formula is C12H17N3O. The molecule has 0 spiro atoms. The Labute approximate surface area is 95.5 Å². The third-order valence-corrected chi connectivity index (χ3v) is 3.15. The fourth-order valence-electron chi connectivity index (χ4n) is 2.17. The van der Waals surface area contributed by atoms with Crippen LogP contribution in [0, 0.1) is 0 Å². The lowest BCUT2D eigenvalue weighted by Crippen LogP contribution is -2.33. The van der Waals surface area contributed by atoms with E-state index in [2.05, 4.69) is 4.98 Å². The molecule has 86 valence electrons. The number of aromatic nitrogens is 1. The van der Waals surface area contributed by atoms with E-state index < -0.39 is 5.41 Å². The second-order valence-electron chi connectivity index (χ2n) is 4.74. The first kappa shape index (κ1) is 11.1. The maximum Gasteiger partial charge on any atom is 0.238 e. The van der Waals surface area contributed by atoms with Crippen LogP contribution in [-0.2, 0) is 16.6 Å². The highest BCUT2D eigenvalue weighted by Crippen LogP contribution is 2.39. The molecule has 0 aromatic carbocycles. The molecule has 0 saturated heterocycles. The second-order valence-corrected chi connectivity index (χ2v) is 4.74. The topological polar surface area (TPSA) is 59.2 Å². The molecule has 1 aliphatic rings. The Morgan fingerprint density at radius 3 is 2.81 bits per heavy atom. The van der Waals surface area contributed by atoms with Crippen molar-refractivity contribution in [1.82, 2.24) is 4.98 Å². The van der Waals surface area contributed by atoms with Crippen molar-refractivity contribution in [3.8, 4) is 0 Å². The fraction of sp³-hybridized carbons (Fsp3) is 0.500. The van der Waals surface area contributed by atoms with E-state index in [0.717, 1.165) is 23.4 Å². The van der Waals surface area contributed by atoms with Crippen molar-refractivity contribution in [2.75, 3.05) is 18.5 Å². The van der Waals surface area contributed by atoms with Crippen LogP contribution in [0.1, 0.15) is 25.1 Å². The van der Waals surface area contributed by atoms with Gasteiger partial charge in [-0.2, -0.15) is 0 Å². The zero-order valence-electron chi connectivity index (χ0n) is 9.95. The molecule has 1 aliphatic heterocycles. The lowest BCUT2D eigenvalue weighted by atomic mass is 9.90. The van der Waals surface area contributed by atoms with Crippen molar-refractivity contribution >= 4 is 11.6 Å². The van der Waals surface area contributed by atoms with Crippen LogP contribution in [0.15, 0.2) is 12.3 Å². The van der Waals surface area contributed by atoms with E-state index in [9.17, 15) is 4.79 Å². The molecule has 2 rings (SSSR count). The molecule has 2 heterocycles. The lowest BCUT2D eigenvalue weighted by Gasteiger charge is -2.15. The summed E-state index contributed by atoms with van der Waals surface area (Å²) in [6.45, 7) is 4.42. The van der Waals surface area contributed by atoms with Crippen molar-refractivity contribution < 1.29 is 4.79 Å². The number of hydrogen-bond donors (Lipinski definition) is 1. The molecule has 1 aromatic heterocycles. The Hall–Kier alpha value is -1.42. The van der Waals surface area contributed by atoms with Gasteiger partial charge in [0.05, 0.1) is 16.8 Å². The summed E-state index contributed by atoms with van der Waals surface area (Å²) in [5.74, 6) is 0.0971. The van der Waals surface area contributed by atoms with Gasteiger partial charge >= 0.3 is 0 Å². The number of nitrogens with zero attached hydrogens (tertiary/aromatic N) is 2. The highest BCUT2D eigenvalue weighted by Gasteiger charge is 2.43. The van der Waals surface area contributed by atoms with E-state index >= 15 is 0 Å². The number of rotatable bonds is 2. The van der Waals surface area contributed by atoms with Crippen LogP contribution >= 0.6 is 0 Å². The molecule has 0 saturated carbocycles. The van der Waals surface area contributed by atoms with Gasteiger partial charge in [0, 0.05) is 13.2 Å². The SMILES string of the molecule is CN1C(=O)C(C)(C)c2ncc(CCN)cc21. The molecule has 0 atom stereocenters. The first-order valence-corrected chi connectivity index (χ1v) is 5.46. The summed E-state index contributed by atoms with van der Waals surface area (Å²) in [6.07, 6.45) is 2.61. The third-order valence-electron chi connectivity index (χ3n) is 3.15. The average molecular weight is 219 g/mol. The quantitative estimate of drug-likeness (QED) is 0.801. The summed E-state index contributed by atoms with van der Waals surface area (Å²) in [7, 11) is 1.80. The maximum atomic E-state index is 12.0. The summed E-state index contributed by atoms with van der Waals surface area (Å²) in [5.41, 5.74) is 7.87. The van der Waals surface area contributed by atoms with Gasteiger partial charge in [0.1, 0.15) is 0 Å². The zero-order chi connectivity index (χ0) is 11.9. The number of carbonyl (C=O) groups is 1. The first-order chi connectivity index (χ1) is 7.48. The van der Waals surface area contributed by atoms with Gasteiger partial charge in [-0.1, -0.05) is 0 Å². The smallest absolute Gasteiger partial charge is 0.238 e. The Morgan fingerprint density at radius 1 is 1.50 bits per heavy atom. The molecule has 16 heavy (non-hydrogen) atoms. The predicted octanol–water partition coefficient (Wildman–Crippen LogP) is 0.837. The first-order valence-electron chi connectivity index (χ1n) is 5.46. The normalized spacial score (nSPS) is 17.8. The fourth-order valence-corrected chi connectivity index (χ4v) is 2.17. The van der Waals surface area contributed by atoms with E-state index in [0.29, 0.717) is 6.54 Å². The van der Waals surface area contributed by atoms with E-state index in [4.69, 9.17) is 5.73 Å². The average Bonchev–Trinajstić information content (AvgIpc) is 2.41. The number of carbonyl (C=O) groups excluding carboxylic acids is 1. The van der Waals surface area contributed by atoms with Crippen molar-refractivity contribution in [1.29, 1.82) is 0 Å². The van der Waals surface area contributed by atoms with Gasteiger partial charge in [-0.25, -0.2) is 0 Å². The molecule has 0 aliphatic carbocycles. The van der Waals surface area contributed by atoms with Crippen molar-refractivity contribution in [3.63, 3.8) is 0 Å². The second kappa shape index (κ2) is 3.56. The molecule has 0 radical (unpaired) electrons. The molecular weight excluding hydrogens is 202 g/mol. The van der Waals surface area contributed by atoms with Gasteiger partial charge in [-0.15, -0.1) is 0 Å². The van der Waals surface area contributed by atoms with Gasteiger partial charge in [-0.05, 0) is 38.4 Å². The van der Waals surface area contributed by atoms with Crippen LogP contribution < -0.4 is 10.6 Å². The lowest BCUT2D eigenvalue weighted by molar-refractivity contribution is -0.121. The Balaban J connectivity index is 2.50. The third kappa shape index (κ3) is 1.41. The highest BCUT2D eigenvalue weighted by atomic mass is 16.2. The Bertz CT molecular complexity index is 440. The molecule has 4 heteroatoms. The van der Waals surface area contributed by atoms with Gasteiger partial charge in [0.15, 0.2) is 0 Å². The molecule has 4 nitrogen and oxygen atoms in total. The van der Waals surface area contributed by atoms with E-state index in [1.54, 1.807) is 11.9 Å². The molecule has 1 aromatic rings. The Morgan fingerprint density at radius 2 is 2.19 bits per heavy atom. The highest BCUT2D eigenvalue weighted by molar-refractivity contribution is 6.06. The number of fused-ring (bicyclic) bond motifs is 1. The van der Waals surface area contributed by atoms with Gasteiger partial charge in [0.25, 0.3) is 0 Å². The maximum absolute atomic E-state index is 12.0. The van der Waals surface area contributed by atoms with Crippen molar-refractivity contribution in [2.24, 2.45) is 5.73 Å². The van der Waals surface area contributed by atoms with Crippen LogP contribution in [0.3, 0.4) is 0 Å². The van der Waals surface area contributed by atoms with Crippen LogP contribution in [-0.4, -0.2) is 24.5 Å². The minimum atomic E-state index is -0.509. The largest absolute Gasteiger partial charge is 0.330 e. The molecule has 0 bridgehead atoms. The summed E-state index contributed by atoms with van der Waals surface area (Å²) in [6, 6.07) is 2.02. The molecule has 0 unspecified atom stereocenters. The summed E-state index contributed by atoms with van der Waals surface area (Å²) in [4.78, 5) is 18.1. The molecule has 2 N–H and O–H groups in total. The number of amides is 1. The van der Waals surface area contributed by atoms with Crippen LogP contribution in [0.2, 0.25) is 0 Å². The van der Waals surface area contributed by atoms with Gasteiger partial charge in [0.2, 0.25) is 5.91 Å². The number of nitrogens with two attached hydrogens (primary N) is 1. The van der Waals surface area contributed by atoms with Gasteiger partial charge in [-0.3, -0.25) is 9.78 Å². The number of pyridine rings is 1. The summed E-state index contributed by atoms with van der Waals surface area (Å²) in [5, 5.41) is 0. The summed E-state index contributed by atoms with van der Waals surface area (Å²) >= 11 is 0. The number of likely N-dealkylation sites (N-methyl/N-ethyl adjacent to an activating group) is 1. The van der Waals surface area contributed by atoms with E-state index in [-0.39, 0.29) is 5.91 Å². The van der Waals surface area contributed by atoms with E-state index in [1.165, 1.54) is 0 Å². The Kier molecular flexibility index (Phi) is 2.46. The predicted molar refractivity (Wildman–Crippen MR) is 63.4 cm³/mol. The zero-order valence-corrected chi connectivity index (χ0v) is 9.95. The van der Waals surface area contributed by atoms with E-state index in [1.807, 2.05) is 26.1 Å². The number of hydrogen-bond acceptors (Lipinski definition) is 3. The molecule has 0 fully saturated rings. The monoisotopic (exact) mass is 219 g/mol. The van der Waals surface area contributed by atoms with Crippen molar-refractivity contribution in [3.05, 3.63) is 23.5 Å². The van der Waals surface area contributed by atoms with Crippen molar-refractivity contribution in [2.45, 2.75) is 25.7 Å². The minimum absolute atomic E-state index is 0.0971.